The van der Waals surface area contributed by atoms with Crippen LogP contribution in [-0.2, 0) is 9.53 Å². The highest BCUT2D eigenvalue weighted by Gasteiger charge is 2.16. The minimum atomic E-state index is -0.416. The predicted octanol–water partition coefficient (Wildman–Crippen LogP) is 3.72. The molecular formula is C22H22N4O6S2. The van der Waals surface area contributed by atoms with Crippen LogP contribution in [0.15, 0.2) is 46.8 Å². The number of hydrogen-bond donors (Lipinski definition) is 2. The van der Waals surface area contributed by atoms with Crippen LogP contribution in [0.3, 0.4) is 0 Å². The molecule has 1 aromatic heterocycles. The molecule has 34 heavy (non-hydrogen) atoms. The third-order valence-corrected chi connectivity index (χ3v) is 6.26. The van der Waals surface area contributed by atoms with Gasteiger partial charge in [0.2, 0.25) is 11.0 Å². The number of amides is 2. The molecule has 0 aliphatic rings. The largest absolute Gasteiger partial charge is 0.497 e. The maximum Gasteiger partial charge on any atom is 0.338 e. The van der Waals surface area contributed by atoms with E-state index >= 15 is 0 Å². The third-order valence-electron chi connectivity index (χ3n) is 4.29. The average Bonchev–Trinajstić information content (AvgIpc) is 3.30. The van der Waals surface area contributed by atoms with E-state index in [1.807, 2.05) is 0 Å². The first-order valence-corrected chi connectivity index (χ1v) is 11.8. The number of ether oxygens (including phenoxy) is 3. The molecule has 0 aliphatic heterocycles. The maximum absolute atomic E-state index is 12.6. The monoisotopic (exact) mass is 502 g/mol. The normalized spacial score (nSPS) is 10.3. The molecule has 12 heteroatoms. The summed E-state index contributed by atoms with van der Waals surface area (Å²) >= 11 is 2.33. The molecule has 2 aromatic carbocycles. The van der Waals surface area contributed by atoms with E-state index in [9.17, 15) is 14.4 Å². The third kappa shape index (κ3) is 6.68. The average molecular weight is 503 g/mol. The number of rotatable bonds is 10. The van der Waals surface area contributed by atoms with E-state index in [1.165, 1.54) is 26.0 Å². The lowest BCUT2D eigenvalue weighted by Crippen LogP contribution is -2.14. The number of methoxy groups -OCH3 is 2. The van der Waals surface area contributed by atoms with Gasteiger partial charge in [-0.2, -0.15) is 0 Å². The summed E-state index contributed by atoms with van der Waals surface area (Å²) < 4.78 is 15.8. The van der Waals surface area contributed by atoms with Gasteiger partial charge in [0.05, 0.1) is 37.7 Å². The Bertz CT molecular complexity index is 1170. The van der Waals surface area contributed by atoms with Gasteiger partial charge in [-0.15, -0.1) is 10.2 Å². The maximum atomic E-state index is 12.6. The van der Waals surface area contributed by atoms with E-state index in [-0.39, 0.29) is 11.7 Å². The van der Waals surface area contributed by atoms with E-state index < -0.39 is 11.9 Å². The van der Waals surface area contributed by atoms with Gasteiger partial charge >= 0.3 is 5.97 Å². The molecule has 0 aliphatic carbocycles. The van der Waals surface area contributed by atoms with Crippen molar-refractivity contribution in [1.82, 2.24) is 10.2 Å². The Hall–Kier alpha value is -3.64. The smallest absolute Gasteiger partial charge is 0.338 e. The van der Waals surface area contributed by atoms with Gasteiger partial charge in [-0.25, -0.2) is 4.79 Å². The van der Waals surface area contributed by atoms with Gasteiger partial charge < -0.3 is 19.5 Å². The SMILES string of the molecule is CCOC(=O)c1ccc(NC(=O)CSc2nnc(NC(=O)c3ccc(OC)cc3OC)s2)cc1. The number of carbonyl (C=O) groups is 3. The second kappa shape index (κ2) is 12.0. The van der Waals surface area contributed by atoms with Crippen LogP contribution in [0.5, 0.6) is 11.5 Å². The lowest BCUT2D eigenvalue weighted by molar-refractivity contribution is -0.113. The zero-order chi connectivity index (χ0) is 24.5. The summed E-state index contributed by atoms with van der Waals surface area (Å²) in [5, 5.41) is 13.7. The van der Waals surface area contributed by atoms with Crippen molar-refractivity contribution in [1.29, 1.82) is 0 Å². The molecule has 0 atom stereocenters. The van der Waals surface area contributed by atoms with E-state index in [2.05, 4.69) is 20.8 Å². The van der Waals surface area contributed by atoms with Crippen molar-refractivity contribution < 1.29 is 28.6 Å². The van der Waals surface area contributed by atoms with Crippen LogP contribution >= 0.6 is 23.1 Å². The fourth-order valence-corrected chi connectivity index (χ4v) is 4.24. The molecule has 2 amide bonds. The predicted molar refractivity (Wildman–Crippen MR) is 129 cm³/mol. The second-order valence-corrected chi connectivity index (χ2v) is 8.73. The Labute approximate surface area is 204 Å². The van der Waals surface area contributed by atoms with Crippen LogP contribution in [0, 0.1) is 0 Å². The van der Waals surface area contributed by atoms with Gasteiger partial charge in [0, 0.05) is 11.8 Å². The van der Waals surface area contributed by atoms with E-state index in [4.69, 9.17) is 14.2 Å². The Morgan fingerprint density at radius 1 is 1.00 bits per heavy atom. The summed E-state index contributed by atoms with van der Waals surface area (Å²) in [4.78, 5) is 36.5. The van der Waals surface area contributed by atoms with Gasteiger partial charge in [-0.1, -0.05) is 23.1 Å². The van der Waals surface area contributed by atoms with Gasteiger partial charge in [-0.05, 0) is 43.3 Å². The second-order valence-electron chi connectivity index (χ2n) is 6.53. The molecule has 178 valence electrons. The number of anilines is 2. The molecule has 0 spiro atoms. The Morgan fingerprint density at radius 2 is 1.76 bits per heavy atom. The van der Waals surface area contributed by atoms with Crippen molar-refractivity contribution in [3.8, 4) is 11.5 Å². The highest BCUT2D eigenvalue weighted by molar-refractivity contribution is 8.01. The first-order valence-electron chi connectivity index (χ1n) is 10.00. The number of carbonyl (C=O) groups excluding carboxylic acids is 3. The van der Waals surface area contributed by atoms with E-state index in [1.54, 1.807) is 49.4 Å². The number of aromatic nitrogens is 2. The van der Waals surface area contributed by atoms with Crippen molar-refractivity contribution in [3.05, 3.63) is 53.6 Å². The number of benzene rings is 2. The molecule has 3 aromatic rings. The summed E-state index contributed by atoms with van der Waals surface area (Å²) in [5.41, 5.74) is 1.28. The zero-order valence-electron chi connectivity index (χ0n) is 18.6. The van der Waals surface area contributed by atoms with Crippen LogP contribution in [-0.4, -0.2) is 54.6 Å². The van der Waals surface area contributed by atoms with Crippen LogP contribution < -0.4 is 20.1 Å². The van der Waals surface area contributed by atoms with Crippen molar-refractivity contribution in [2.24, 2.45) is 0 Å². The lowest BCUT2D eigenvalue weighted by atomic mass is 10.2. The lowest BCUT2D eigenvalue weighted by Gasteiger charge is -2.09. The van der Waals surface area contributed by atoms with Gasteiger partial charge in [0.1, 0.15) is 11.5 Å². The molecule has 10 nitrogen and oxygen atoms in total. The van der Waals surface area contributed by atoms with Gasteiger partial charge in [0.15, 0.2) is 4.34 Å². The Balaban J connectivity index is 1.51. The van der Waals surface area contributed by atoms with Crippen LogP contribution in [0.2, 0.25) is 0 Å². The minimum Gasteiger partial charge on any atom is -0.497 e. The number of hydrogen-bond acceptors (Lipinski definition) is 10. The summed E-state index contributed by atoms with van der Waals surface area (Å²) in [6.45, 7) is 2.03. The van der Waals surface area contributed by atoms with Crippen LogP contribution in [0.25, 0.3) is 0 Å². The number of nitrogens with zero attached hydrogens (tertiary/aromatic N) is 2. The fraction of sp³-hybridized carbons (Fsp3) is 0.227. The summed E-state index contributed by atoms with van der Waals surface area (Å²) in [6, 6.07) is 11.3. The van der Waals surface area contributed by atoms with Gasteiger partial charge in [0.25, 0.3) is 5.91 Å². The fourth-order valence-electron chi connectivity index (χ4n) is 2.70. The molecule has 2 N–H and O–H groups in total. The zero-order valence-corrected chi connectivity index (χ0v) is 20.2. The molecule has 0 saturated heterocycles. The molecule has 0 radical (unpaired) electrons. The molecule has 0 bridgehead atoms. The molecule has 0 fully saturated rings. The van der Waals surface area contributed by atoms with Crippen molar-refractivity contribution in [2.45, 2.75) is 11.3 Å². The molecule has 3 rings (SSSR count). The van der Waals surface area contributed by atoms with E-state index in [0.29, 0.717) is 44.4 Å². The highest BCUT2D eigenvalue weighted by atomic mass is 32.2. The highest BCUT2D eigenvalue weighted by Crippen LogP contribution is 2.28. The number of esters is 1. The Morgan fingerprint density at radius 3 is 2.44 bits per heavy atom. The first kappa shape index (κ1) is 25.0. The van der Waals surface area contributed by atoms with Crippen molar-refractivity contribution >= 4 is 51.7 Å². The van der Waals surface area contributed by atoms with Gasteiger partial charge in [-0.3, -0.25) is 14.9 Å². The molecular weight excluding hydrogens is 480 g/mol. The minimum absolute atomic E-state index is 0.0918. The van der Waals surface area contributed by atoms with Crippen molar-refractivity contribution in [3.63, 3.8) is 0 Å². The summed E-state index contributed by atoms with van der Waals surface area (Å²) in [5.74, 6) is -0.0531. The number of thioether (sulfide) groups is 1. The van der Waals surface area contributed by atoms with Crippen LogP contribution in [0.1, 0.15) is 27.6 Å². The number of nitrogens with one attached hydrogen (secondary N) is 2. The van der Waals surface area contributed by atoms with E-state index in [0.717, 1.165) is 11.3 Å². The summed E-state index contributed by atoms with van der Waals surface area (Å²) in [6.07, 6.45) is 0. The standard InChI is InChI=1S/C22H22N4O6S2/c1-4-32-20(29)13-5-7-14(8-6-13)23-18(27)12-33-22-26-25-21(34-22)24-19(28)16-10-9-15(30-2)11-17(16)31-3/h5-11H,4,12H2,1-3H3,(H,23,27)(H,24,25,28). The van der Waals surface area contributed by atoms with Crippen molar-refractivity contribution in [2.75, 3.05) is 37.2 Å². The topological polar surface area (TPSA) is 129 Å². The molecule has 0 saturated carbocycles. The molecule has 0 unspecified atom stereocenters. The molecule has 1 heterocycles. The summed E-state index contributed by atoms with van der Waals surface area (Å²) in [7, 11) is 2.99. The first-order chi connectivity index (χ1) is 16.4. The van der Waals surface area contributed by atoms with Crippen LogP contribution in [0.4, 0.5) is 10.8 Å². The Kier molecular flexibility index (Phi) is 8.82. The quantitative estimate of drug-likeness (QED) is 0.242.